The van der Waals surface area contributed by atoms with Gasteiger partial charge in [-0.05, 0) is 24.3 Å². The summed E-state index contributed by atoms with van der Waals surface area (Å²) in [6.07, 6.45) is 0. The van der Waals surface area contributed by atoms with Gasteiger partial charge in [-0.25, -0.2) is 0 Å². The number of nitrogens with two attached hydrogens (primary N) is 1. The van der Waals surface area contributed by atoms with Gasteiger partial charge in [-0.15, -0.1) is 0 Å². The Morgan fingerprint density at radius 3 is 2.43 bits per heavy atom. The van der Waals surface area contributed by atoms with E-state index < -0.39 is 0 Å². The first-order chi connectivity index (χ1) is 6.83. The molecule has 0 spiro atoms. The van der Waals surface area contributed by atoms with Crippen molar-refractivity contribution in [3.8, 4) is 0 Å². The molecule has 3 nitrogen and oxygen atoms in total. The van der Waals surface area contributed by atoms with Crippen molar-refractivity contribution in [3.05, 3.63) is 28.7 Å². The first-order valence-corrected chi connectivity index (χ1v) is 5.52. The molecule has 0 radical (unpaired) electrons. The van der Waals surface area contributed by atoms with E-state index in [0.29, 0.717) is 6.54 Å². The third-order valence-electron chi connectivity index (χ3n) is 1.80. The van der Waals surface area contributed by atoms with Crippen LogP contribution in [0.1, 0.15) is 0 Å². The molecular formula is C10H16BrN3. The Morgan fingerprint density at radius 1 is 1.07 bits per heavy atom. The molecule has 0 aromatic heterocycles. The number of anilines is 1. The van der Waals surface area contributed by atoms with Crippen molar-refractivity contribution in [3.63, 3.8) is 0 Å². The van der Waals surface area contributed by atoms with E-state index in [1.54, 1.807) is 0 Å². The van der Waals surface area contributed by atoms with Gasteiger partial charge in [0.05, 0.1) is 0 Å². The lowest BCUT2D eigenvalue weighted by atomic mass is 10.3. The van der Waals surface area contributed by atoms with Crippen molar-refractivity contribution in [1.82, 2.24) is 5.32 Å². The minimum absolute atomic E-state index is 0.693. The average molecular weight is 258 g/mol. The molecule has 0 aliphatic heterocycles. The van der Waals surface area contributed by atoms with Crippen LogP contribution in [0.25, 0.3) is 0 Å². The summed E-state index contributed by atoms with van der Waals surface area (Å²) in [5, 5.41) is 6.53. The predicted molar refractivity (Wildman–Crippen MR) is 64.6 cm³/mol. The maximum atomic E-state index is 5.35. The van der Waals surface area contributed by atoms with Crippen LogP contribution in [0.4, 0.5) is 5.69 Å². The van der Waals surface area contributed by atoms with E-state index in [1.807, 2.05) is 24.3 Å². The Labute approximate surface area is 93.2 Å². The summed E-state index contributed by atoms with van der Waals surface area (Å²) in [4.78, 5) is 0. The SMILES string of the molecule is NCCNCCNc1ccc(Br)cc1. The van der Waals surface area contributed by atoms with Crippen molar-refractivity contribution < 1.29 is 0 Å². The normalized spacial score (nSPS) is 10.1. The van der Waals surface area contributed by atoms with Gasteiger partial charge in [-0.1, -0.05) is 15.9 Å². The monoisotopic (exact) mass is 257 g/mol. The quantitative estimate of drug-likeness (QED) is 0.676. The molecule has 4 heteroatoms. The van der Waals surface area contributed by atoms with Crippen LogP contribution in [0.3, 0.4) is 0 Å². The first kappa shape index (κ1) is 11.5. The highest BCUT2D eigenvalue weighted by molar-refractivity contribution is 9.10. The number of halogens is 1. The van der Waals surface area contributed by atoms with Crippen molar-refractivity contribution in [2.45, 2.75) is 0 Å². The van der Waals surface area contributed by atoms with Crippen LogP contribution >= 0.6 is 15.9 Å². The zero-order valence-corrected chi connectivity index (χ0v) is 9.68. The molecular weight excluding hydrogens is 242 g/mol. The van der Waals surface area contributed by atoms with Crippen LogP contribution in [0.5, 0.6) is 0 Å². The van der Waals surface area contributed by atoms with E-state index in [0.717, 1.165) is 29.8 Å². The number of rotatable bonds is 6. The Kier molecular flexibility index (Phi) is 5.59. The van der Waals surface area contributed by atoms with Gasteiger partial charge >= 0.3 is 0 Å². The van der Waals surface area contributed by atoms with Crippen LogP contribution < -0.4 is 16.4 Å². The fourth-order valence-corrected chi connectivity index (χ4v) is 1.35. The Hall–Kier alpha value is -0.580. The predicted octanol–water partition coefficient (Wildman–Crippen LogP) is 1.41. The summed E-state index contributed by atoms with van der Waals surface area (Å²) in [7, 11) is 0. The summed E-state index contributed by atoms with van der Waals surface area (Å²) in [6.45, 7) is 3.43. The van der Waals surface area contributed by atoms with E-state index >= 15 is 0 Å². The summed E-state index contributed by atoms with van der Waals surface area (Å²) in [5.41, 5.74) is 6.49. The number of nitrogens with one attached hydrogen (secondary N) is 2. The van der Waals surface area contributed by atoms with Gasteiger partial charge in [-0.2, -0.15) is 0 Å². The molecule has 0 fully saturated rings. The zero-order valence-electron chi connectivity index (χ0n) is 8.09. The van der Waals surface area contributed by atoms with Crippen molar-refractivity contribution in [2.75, 3.05) is 31.5 Å². The molecule has 0 aliphatic carbocycles. The Bertz CT molecular complexity index is 248. The molecule has 78 valence electrons. The fraction of sp³-hybridized carbons (Fsp3) is 0.400. The van der Waals surface area contributed by atoms with E-state index in [-0.39, 0.29) is 0 Å². The zero-order chi connectivity index (χ0) is 10.2. The van der Waals surface area contributed by atoms with Gasteiger partial charge in [0.25, 0.3) is 0 Å². The number of benzene rings is 1. The molecule has 0 unspecified atom stereocenters. The second kappa shape index (κ2) is 6.81. The average Bonchev–Trinajstić information content (AvgIpc) is 2.21. The maximum Gasteiger partial charge on any atom is 0.0341 e. The minimum atomic E-state index is 0.693. The van der Waals surface area contributed by atoms with Crippen LogP contribution in [-0.4, -0.2) is 26.2 Å². The second-order valence-corrected chi connectivity index (χ2v) is 3.89. The van der Waals surface area contributed by atoms with Crippen molar-refractivity contribution in [1.29, 1.82) is 0 Å². The third-order valence-corrected chi connectivity index (χ3v) is 2.32. The largest absolute Gasteiger partial charge is 0.384 e. The Balaban J connectivity index is 2.15. The lowest BCUT2D eigenvalue weighted by Crippen LogP contribution is -2.27. The van der Waals surface area contributed by atoms with Crippen molar-refractivity contribution in [2.24, 2.45) is 5.73 Å². The standard InChI is InChI=1S/C10H16BrN3/c11-9-1-3-10(4-2-9)14-8-7-13-6-5-12/h1-4,13-14H,5-8,12H2. The van der Waals surface area contributed by atoms with Gasteiger partial charge in [0.1, 0.15) is 0 Å². The maximum absolute atomic E-state index is 5.35. The van der Waals surface area contributed by atoms with Gasteiger partial charge in [0, 0.05) is 36.3 Å². The van der Waals surface area contributed by atoms with Gasteiger partial charge < -0.3 is 16.4 Å². The lowest BCUT2D eigenvalue weighted by Gasteiger charge is -2.06. The van der Waals surface area contributed by atoms with Gasteiger partial charge in [0.15, 0.2) is 0 Å². The summed E-state index contributed by atoms with van der Waals surface area (Å²) in [5.74, 6) is 0. The van der Waals surface area contributed by atoms with Crippen LogP contribution in [0.15, 0.2) is 28.7 Å². The molecule has 0 saturated heterocycles. The van der Waals surface area contributed by atoms with E-state index in [9.17, 15) is 0 Å². The molecule has 1 aromatic rings. The second-order valence-electron chi connectivity index (χ2n) is 2.97. The minimum Gasteiger partial charge on any atom is -0.384 e. The fourth-order valence-electron chi connectivity index (χ4n) is 1.09. The highest BCUT2D eigenvalue weighted by atomic mass is 79.9. The molecule has 0 aliphatic rings. The molecule has 14 heavy (non-hydrogen) atoms. The molecule has 1 aromatic carbocycles. The van der Waals surface area contributed by atoms with Crippen molar-refractivity contribution >= 4 is 21.6 Å². The van der Waals surface area contributed by atoms with Gasteiger partial charge in [-0.3, -0.25) is 0 Å². The summed E-state index contributed by atoms with van der Waals surface area (Å²) < 4.78 is 1.10. The molecule has 4 N–H and O–H groups in total. The van der Waals surface area contributed by atoms with Crippen LogP contribution in [-0.2, 0) is 0 Å². The van der Waals surface area contributed by atoms with Crippen LogP contribution in [0, 0.1) is 0 Å². The summed E-state index contributed by atoms with van der Waals surface area (Å²) in [6, 6.07) is 8.14. The molecule has 1 rings (SSSR count). The lowest BCUT2D eigenvalue weighted by molar-refractivity contribution is 0.707. The highest BCUT2D eigenvalue weighted by Gasteiger charge is 1.90. The molecule has 0 atom stereocenters. The van der Waals surface area contributed by atoms with E-state index in [1.165, 1.54) is 0 Å². The van der Waals surface area contributed by atoms with Crippen LogP contribution in [0.2, 0.25) is 0 Å². The Morgan fingerprint density at radius 2 is 1.79 bits per heavy atom. The molecule has 0 saturated carbocycles. The topological polar surface area (TPSA) is 50.1 Å². The molecule has 0 amide bonds. The number of hydrogen-bond donors (Lipinski definition) is 3. The van der Waals surface area contributed by atoms with E-state index in [4.69, 9.17) is 5.73 Å². The third kappa shape index (κ3) is 4.60. The number of hydrogen-bond acceptors (Lipinski definition) is 3. The summed E-state index contributed by atoms with van der Waals surface area (Å²) >= 11 is 3.39. The smallest absolute Gasteiger partial charge is 0.0341 e. The molecule has 0 bridgehead atoms. The first-order valence-electron chi connectivity index (χ1n) is 4.73. The van der Waals surface area contributed by atoms with Gasteiger partial charge in [0.2, 0.25) is 0 Å². The highest BCUT2D eigenvalue weighted by Crippen LogP contribution is 2.13. The van der Waals surface area contributed by atoms with E-state index in [2.05, 4.69) is 26.6 Å². The molecule has 0 heterocycles.